The average molecular weight is 340 g/mol. The molecule has 0 radical (unpaired) electrons. The first-order valence-corrected chi connectivity index (χ1v) is 8.45. The molecule has 1 fully saturated rings. The van der Waals surface area contributed by atoms with Gasteiger partial charge in [-0.1, -0.05) is 18.2 Å². The summed E-state index contributed by atoms with van der Waals surface area (Å²) < 4.78 is 1.75. The van der Waals surface area contributed by atoms with Crippen molar-refractivity contribution in [1.29, 1.82) is 0 Å². The Morgan fingerprint density at radius 2 is 2.08 bits per heavy atom. The van der Waals surface area contributed by atoms with Gasteiger partial charge in [-0.15, -0.1) is 0 Å². The van der Waals surface area contributed by atoms with Gasteiger partial charge in [-0.25, -0.2) is 4.68 Å². The molecule has 25 heavy (non-hydrogen) atoms. The van der Waals surface area contributed by atoms with E-state index in [9.17, 15) is 14.7 Å². The summed E-state index contributed by atoms with van der Waals surface area (Å²) in [4.78, 5) is 28.3. The number of rotatable bonds is 3. The Bertz CT molecular complexity index is 817. The van der Waals surface area contributed by atoms with E-state index in [2.05, 4.69) is 5.10 Å². The lowest BCUT2D eigenvalue weighted by Crippen LogP contribution is -2.43. The van der Waals surface area contributed by atoms with E-state index in [0.717, 1.165) is 11.4 Å². The molecule has 0 spiro atoms. The molecule has 1 aromatic carbocycles. The normalized spacial score (nSPS) is 22.6. The van der Waals surface area contributed by atoms with E-state index in [1.165, 1.54) is 0 Å². The topological polar surface area (TPSA) is 78.7 Å². The molecule has 0 aliphatic carbocycles. The van der Waals surface area contributed by atoms with Crippen LogP contribution in [-0.4, -0.2) is 61.7 Å². The zero-order chi connectivity index (χ0) is 17.6. The Kier molecular flexibility index (Phi) is 3.80. The van der Waals surface area contributed by atoms with Gasteiger partial charge in [0, 0.05) is 6.54 Å². The second-order valence-electron chi connectivity index (χ2n) is 6.60. The van der Waals surface area contributed by atoms with Crippen molar-refractivity contribution >= 4 is 11.8 Å². The van der Waals surface area contributed by atoms with Gasteiger partial charge < -0.3 is 14.9 Å². The Labute approximate surface area is 145 Å². The fraction of sp³-hybridized carbons (Fsp3) is 0.389. The fourth-order valence-corrected chi connectivity index (χ4v) is 3.58. The van der Waals surface area contributed by atoms with Gasteiger partial charge in [-0.05, 0) is 25.5 Å². The maximum atomic E-state index is 12.6. The van der Waals surface area contributed by atoms with Crippen molar-refractivity contribution in [3.8, 4) is 5.69 Å². The van der Waals surface area contributed by atoms with Crippen LogP contribution in [0.3, 0.4) is 0 Å². The van der Waals surface area contributed by atoms with E-state index in [1.807, 2.05) is 37.3 Å². The van der Waals surface area contributed by atoms with Crippen LogP contribution in [0.15, 0.2) is 36.5 Å². The highest BCUT2D eigenvalue weighted by Crippen LogP contribution is 2.26. The predicted molar refractivity (Wildman–Crippen MR) is 90.1 cm³/mol. The summed E-state index contributed by atoms with van der Waals surface area (Å²) in [5.74, 6) is -0.292. The number of likely N-dealkylation sites (tertiary alicyclic amines) is 1. The third kappa shape index (κ3) is 2.60. The first-order valence-electron chi connectivity index (χ1n) is 8.45. The highest BCUT2D eigenvalue weighted by Gasteiger charge is 2.37. The molecule has 0 bridgehead atoms. The number of aromatic nitrogens is 2. The van der Waals surface area contributed by atoms with E-state index in [0.29, 0.717) is 25.1 Å². The quantitative estimate of drug-likeness (QED) is 0.897. The minimum Gasteiger partial charge on any atom is -0.391 e. The van der Waals surface area contributed by atoms with Crippen LogP contribution >= 0.6 is 0 Å². The Morgan fingerprint density at radius 3 is 2.76 bits per heavy atom. The molecular weight excluding hydrogens is 320 g/mol. The monoisotopic (exact) mass is 340 g/mol. The molecule has 1 aromatic heterocycles. The van der Waals surface area contributed by atoms with Gasteiger partial charge in [0.1, 0.15) is 6.54 Å². The summed E-state index contributed by atoms with van der Waals surface area (Å²) in [6.45, 7) is 2.76. The second kappa shape index (κ2) is 6.00. The van der Waals surface area contributed by atoms with E-state index >= 15 is 0 Å². The average Bonchev–Trinajstić information content (AvgIpc) is 3.26. The lowest BCUT2D eigenvalue weighted by Gasteiger charge is -2.25. The largest absolute Gasteiger partial charge is 0.391 e. The van der Waals surface area contributed by atoms with Crippen LogP contribution in [0.2, 0.25) is 0 Å². The molecule has 2 atom stereocenters. The summed E-state index contributed by atoms with van der Waals surface area (Å²) >= 11 is 0. The van der Waals surface area contributed by atoms with Gasteiger partial charge in [0.05, 0.1) is 41.8 Å². The number of carbonyl (C=O) groups excluding carboxylic acids is 2. The molecule has 1 saturated heterocycles. The highest BCUT2D eigenvalue weighted by atomic mass is 16.3. The summed E-state index contributed by atoms with van der Waals surface area (Å²) in [7, 11) is 0. The zero-order valence-corrected chi connectivity index (χ0v) is 14.0. The lowest BCUT2D eigenvalue weighted by molar-refractivity contribution is -0.133. The molecular formula is C18H20N4O3. The van der Waals surface area contributed by atoms with Gasteiger partial charge in [-0.3, -0.25) is 9.59 Å². The minimum atomic E-state index is -0.484. The van der Waals surface area contributed by atoms with Crippen LogP contribution in [0.25, 0.3) is 5.69 Å². The van der Waals surface area contributed by atoms with Crippen molar-refractivity contribution in [3.05, 3.63) is 47.8 Å². The maximum absolute atomic E-state index is 12.6. The van der Waals surface area contributed by atoms with E-state index in [4.69, 9.17) is 0 Å². The smallest absolute Gasteiger partial charge is 0.258 e. The number of aliphatic hydroxyl groups is 1. The zero-order valence-electron chi connectivity index (χ0n) is 14.0. The number of hydrogen-bond donors (Lipinski definition) is 1. The standard InChI is InChI=1S/C18H20N4O3/c1-12-16(23)7-8-21(12)17(24)11-20-10-15-14(18(20)25)9-19-22(15)13-5-3-2-4-6-13/h2-6,9,12,16,23H,7-8,10-11H2,1H3/t12-,16-/m1/s1. The van der Waals surface area contributed by atoms with Gasteiger partial charge in [0.15, 0.2) is 0 Å². The number of aliphatic hydroxyl groups excluding tert-OH is 1. The Balaban J connectivity index is 1.52. The number of benzene rings is 1. The molecule has 2 aromatic rings. The molecule has 130 valence electrons. The first-order chi connectivity index (χ1) is 12.1. The van der Waals surface area contributed by atoms with E-state index in [1.54, 1.807) is 20.7 Å². The van der Waals surface area contributed by atoms with Crippen LogP contribution in [0.5, 0.6) is 0 Å². The third-order valence-electron chi connectivity index (χ3n) is 5.09. The van der Waals surface area contributed by atoms with Crippen molar-refractivity contribution < 1.29 is 14.7 Å². The van der Waals surface area contributed by atoms with Crippen molar-refractivity contribution in [2.24, 2.45) is 0 Å². The molecule has 2 aliphatic rings. The number of carbonyl (C=O) groups is 2. The molecule has 4 rings (SSSR count). The van der Waals surface area contributed by atoms with E-state index < -0.39 is 6.10 Å². The fourth-order valence-electron chi connectivity index (χ4n) is 3.58. The molecule has 3 heterocycles. The maximum Gasteiger partial charge on any atom is 0.258 e. The lowest BCUT2D eigenvalue weighted by atomic mass is 10.2. The molecule has 2 amide bonds. The van der Waals surface area contributed by atoms with Gasteiger partial charge in [0.2, 0.25) is 5.91 Å². The van der Waals surface area contributed by atoms with Crippen molar-refractivity contribution in [1.82, 2.24) is 19.6 Å². The summed E-state index contributed by atoms with van der Waals surface area (Å²) in [5, 5.41) is 14.1. The Hall–Kier alpha value is -2.67. The molecule has 7 heteroatoms. The number of hydrogen-bond acceptors (Lipinski definition) is 4. The second-order valence-corrected chi connectivity index (χ2v) is 6.60. The minimum absolute atomic E-state index is 0.0271. The van der Waals surface area contributed by atoms with Gasteiger partial charge in [-0.2, -0.15) is 5.10 Å². The van der Waals surface area contributed by atoms with Crippen LogP contribution in [0.4, 0.5) is 0 Å². The van der Waals surface area contributed by atoms with E-state index in [-0.39, 0.29) is 24.4 Å². The van der Waals surface area contributed by atoms with Crippen molar-refractivity contribution in [3.63, 3.8) is 0 Å². The Morgan fingerprint density at radius 1 is 1.32 bits per heavy atom. The van der Waals surface area contributed by atoms with Crippen LogP contribution in [-0.2, 0) is 11.3 Å². The number of fused-ring (bicyclic) bond motifs is 1. The number of amides is 2. The van der Waals surface area contributed by atoms with Crippen LogP contribution in [0, 0.1) is 0 Å². The SMILES string of the molecule is C[C@@H]1[C@H](O)CCN1C(=O)CN1Cc2c(cnn2-c2ccccc2)C1=O. The molecule has 0 saturated carbocycles. The van der Waals surface area contributed by atoms with Gasteiger partial charge in [0.25, 0.3) is 5.91 Å². The summed E-state index contributed by atoms with van der Waals surface area (Å²) in [6, 6.07) is 9.42. The molecule has 2 aliphatic heterocycles. The third-order valence-corrected chi connectivity index (χ3v) is 5.09. The molecule has 0 unspecified atom stereocenters. The molecule has 1 N–H and O–H groups in total. The van der Waals surface area contributed by atoms with Crippen molar-refractivity contribution in [2.45, 2.75) is 32.0 Å². The number of para-hydroxylation sites is 1. The number of nitrogens with zero attached hydrogens (tertiary/aromatic N) is 4. The highest BCUT2D eigenvalue weighted by molar-refractivity contribution is 5.99. The van der Waals surface area contributed by atoms with Crippen molar-refractivity contribution in [2.75, 3.05) is 13.1 Å². The van der Waals surface area contributed by atoms with Crippen LogP contribution in [0.1, 0.15) is 29.4 Å². The predicted octanol–water partition coefficient (Wildman–Crippen LogP) is 0.810. The first kappa shape index (κ1) is 15.8. The summed E-state index contributed by atoms with van der Waals surface area (Å²) in [5.41, 5.74) is 2.24. The van der Waals surface area contributed by atoms with Crippen LogP contribution < -0.4 is 0 Å². The summed E-state index contributed by atoms with van der Waals surface area (Å²) in [6.07, 6.45) is 1.67. The molecule has 7 nitrogen and oxygen atoms in total. The van der Waals surface area contributed by atoms with Gasteiger partial charge >= 0.3 is 0 Å².